The summed E-state index contributed by atoms with van der Waals surface area (Å²) in [5, 5.41) is 6.66. The van der Waals surface area contributed by atoms with Crippen molar-refractivity contribution in [2.75, 3.05) is 17.2 Å². The SMILES string of the molecule is CCCNc1nc(Cl)nc(NC(C)C2CCC2)n1. The van der Waals surface area contributed by atoms with Crippen LogP contribution in [0.2, 0.25) is 5.28 Å². The van der Waals surface area contributed by atoms with E-state index in [1.54, 1.807) is 0 Å². The van der Waals surface area contributed by atoms with Crippen LogP contribution in [0.25, 0.3) is 0 Å². The molecule has 1 fully saturated rings. The van der Waals surface area contributed by atoms with Crippen molar-refractivity contribution in [3.63, 3.8) is 0 Å². The predicted molar refractivity (Wildman–Crippen MR) is 74.0 cm³/mol. The number of anilines is 2. The molecule has 18 heavy (non-hydrogen) atoms. The number of nitrogens with zero attached hydrogens (tertiary/aromatic N) is 3. The summed E-state index contributed by atoms with van der Waals surface area (Å²) in [6, 6.07) is 0.385. The van der Waals surface area contributed by atoms with Crippen molar-refractivity contribution in [2.24, 2.45) is 5.92 Å². The highest BCUT2D eigenvalue weighted by molar-refractivity contribution is 6.28. The molecule has 100 valence electrons. The first-order chi connectivity index (χ1) is 8.69. The van der Waals surface area contributed by atoms with Gasteiger partial charge in [0.1, 0.15) is 0 Å². The minimum Gasteiger partial charge on any atom is -0.354 e. The summed E-state index contributed by atoms with van der Waals surface area (Å²) in [5.41, 5.74) is 0. The first-order valence-corrected chi connectivity index (χ1v) is 6.99. The van der Waals surface area contributed by atoms with Crippen LogP contribution >= 0.6 is 11.6 Å². The lowest BCUT2D eigenvalue weighted by Gasteiger charge is -2.31. The Morgan fingerprint density at radius 2 is 2.00 bits per heavy atom. The van der Waals surface area contributed by atoms with Gasteiger partial charge in [0.15, 0.2) is 0 Å². The highest BCUT2D eigenvalue weighted by Gasteiger charge is 2.24. The molecule has 1 aliphatic carbocycles. The third kappa shape index (κ3) is 3.45. The molecule has 0 bridgehead atoms. The van der Waals surface area contributed by atoms with Crippen LogP contribution < -0.4 is 10.6 Å². The molecule has 1 saturated carbocycles. The third-order valence-electron chi connectivity index (χ3n) is 3.35. The number of nitrogens with one attached hydrogen (secondary N) is 2. The smallest absolute Gasteiger partial charge is 0.229 e. The lowest BCUT2D eigenvalue weighted by molar-refractivity contribution is 0.284. The van der Waals surface area contributed by atoms with Crippen LogP contribution in [0.5, 0.6) is 0 Å². The Labute approximate surface area is 113 Å². The Morgan fingerprint density at radius 1 is 1.28 bits per heavy atom. The maximum atomic E-state index is 5.90. The molecular weight excluding hydrogens is 250 g/mol. The van der Waals surface area contributed by atoms with Gasteiger partial charge in [0.2, 0.25) is 17.2 Å². The van der Waals surface area contributed by atoms with Crippen LogP contribution in [-0.2, 0) is 0 Å². The summed E-state index contributed by atoms with van der Waals surface area (Å²) in [4.78, 5) is 12.5. The fourth-order valence-electron chi connectivity index (χ4n) is 1.99. The quantitative estimate of drug-likeness (QED) is 0.831. The van der Waals surface area contributed by atoms with Crippen molar-refractivity contribution in [3.8, 4) is 0 Å². The predicted octanol–water partition coefficient (Wildman–Crippen LogP) is 2.95. The van der Waals surface area contributed by atoms with Crippen LogP contribution in [0.15, 0.2) is 0 Å². The summed E-state index contributed by atoms with van der Waals surface area (Å²) in [7, 11) is 0. The van der Waals surface area contributed by atoms with E-state index in [9.17, 15) is 0 Å². The molecule has 1 atom stereocenters. The molecule has 1 heterocycles. The largest absolute Gasteiger partial charge is 0.354 e. The first kappa shape index (κ1) is 13.3. The van der Waals surface area contributed by atoms with E-state index < -0.39 is 0 Å². The van der Waals surface area contributed by atoms with E-state index >= 15 is 0 Å². The van der Waals surface area contributed by atoms with Crippen LogP contribution in [0.4, 0.5) is 11.9 Å². The van der Waals surface area contributed by atoms with Crippen molar-refractivity contribution >= 4 is 23.5 Å². The average molecular weight is 270 g/mol. The van der Waals surface area contributed by atoms with Crippen LogP contribution in [0, 0.1) is 5.92 Å². The molecule has 1 unspecified atom stereocenters. The van der Waals surface area contributed by atoms with Crippen LogP contribution in [0.1, 0.15) is 39.5 Å². The van der Waals surface area contributed by atoms with Gasteiger partial charge in [-0.15, -0.1) is 0 Å². The molecule has 0 radical (unpaired) electrons. The van der Waals surface area contributed by atoms with Gasteiger partial charge in [-0.3, -0.25) is 0 Å². The Morgan fingerprint density at radius 3 is 2.61 bits per heavy atom. The third-order valence-corrected chi connectivity index (χ3v) is 3.52. The second-order valence-corrected chi connectivity index (χ2v) is 5.14. The molecule has 2 N–H and O–H groups in total. The maximum Gasteiger partial charge on any atom is 0.229 e. The van der Waals surface area contributed by atoms with E-state index in [4.69, 9.17) is 11.6 Å². The van der Waals surface area contributed by atoms with E-state index in [1.807, 2.05) is 0 Å². The number of rotatable bonds is 6. The van der Waals surface area contributed by atoms with Gasteiger partial charge in [-0.25, -0.2) is 0 Å². The fourth-order valence-corrected chi connectivity index (χ4v) is 2.15. The summed E-state index contributed by atoms with van der Waals surface area (Å²) in [6.45, 7) is 5.09. The van der Waals surface area contributed by atoms with Crippen molar-refractivity contribution in [1.82, 2.24) is 15.0 Å². The van der Waals surface area contributed by atoms with Gasteiger partial charge in [0.25, 0.3) is 0 Å². The zero-order valence-corrected chi connectivity index (χ0v) is 11.7. The molecule has 6 heteroatoms. The van der Waals surface area contributed by atoms with Gasteiger partial charge in [0, 0.05) is 12.6 Å². The van der Waals surface area contributed by atoms with Gasteiger partial charge in [-0.1, -0.05) is 13.3 Å². The van der Waals surface area contributed by atoms with Crippen molar-refractivity contribution in [2.45, 2.75) is 45.6 Å². The number of halogens is 1. The minimum atomic E-state index is 0.229. The van der Waals surface area contributed by atoms with E-state index in [-0.39, 0.29) is 5.28 Å². The van der Waals surface area contributed by atoms with E-state index in [0.717, 1.165) is 18.9 Å². The van der Waals surface area contributed by atoms with Crippen molar-refractivity contribution in [1.29, 1.82) is 0 Å². The van der Waals surface area contributed by atoms with E-state index in [1.165, 1.54) is 19.3 Å². The highest BCUT2D eigenvalue weighted by Crippen LogP contribution is 2.30. The first-order valence-electron chi connectivity index (χ1n) is 6.61. The van der Waals surface area contributed by atoms with Crippen molar-refractivity contribution in [3.05, 3.63) is 5.28 Å². The molecule has 0 spiro atoms. The Kier molecular flexibility index (Phi) is 4.58. The molecule has 1 aliphatic rings. The Hall–Kier alpha value is -1.10. The summed E-state index contributed by atoms with van der Waals surface area (Å²) < 4.78 is 0. The number of hydrogen-bond donors (Lipinski definition) is 2. The number of aromatic nitrogens is 3. The summed E-state index contributed by atoms with van der Waals surface area (Å²) >= 11 is 5.90. The minimum absolute atomic E-state index is 0.229. The monoisotopic (exact) mass is 269 g/mol. The molecular formula is C12H20ClN5. The Bertz CT molecular complexity index is 394. The maximum absolute atomic E-state index is 5.90. The van der Waals surface area contributed by atoms with Crippen LogP contribution in [0.3, 0.4) is 0 Å². The molecule has 0 aromatic carbocycles. The molecule has 2 rings (SSSR count). The van der Waals surface area contributed by atoms with Crippen molar-refractivity contribution < 1.29 is 0 Å². The highest BCUT2D eigenvalue weighted by atomic mass is 35.5. The molecule has 0 saturated heterocycles. The van der Waals surface area contributed by atoms with Crippen LogP contribution in [-0.4, -0.2) is 27.5 Å². The molecule has 0 aliphatic heterocycles. The lowest BCUT2D eigenvalue weighted by Crippen LogP contribution is -2.31. The normalized spacial score (nSPS) is 17.1. The topological polar surface area (TPSA) is 62.7 Å². The second kappa shape index (κ2) is 6.18. The Balaban J connectivity index is 1.99. The summed E-state index contributed by atoms with van der Waals surface area (Å²) in [6.07, 6.45) is 4.92. The van der Waals surface area contributed by atoms with E-state index in [2.05, 4.69) is 39.4 Å². The van der Waals surface area contributed by atoms with Gasteiger partial charge >= 0.3 is 0 Å². The zero-order chi connectivity index (χ0) is 13.0. The average Bonchev–Trinajstić information content (AvgIpc) is 2.22. The zero-order valence-electron chi connectivity index (χ0n) is 10.9. The second-order valence-electron chi connectivity index (χ2n) is 4.80. The molecule has 1 aromatic rings. The van der Waals surface area contributed by atoms with Gasteiger partial charge in [0.05, 0.1) is 0 Å². The number of hydrogen-bond acceptors (Lipinski definition) is 5. The lowest BCUT2D eigenvalue weighted by atomic mass is 9.80. The molecule has 0 amide bonds. The fraction of sp³-hybridized carbons (Fsp3) is 0.750. The van der Waals surface area contributed by atoms with Gasteiger partial charge in [-0.05, 0) is 43.7 Å². The van der Waals surface area contributed by atoms with Gasteiger partial charge < -0.3 is 10.6 Å². The van der Waals surface area contributed by atoms with E-state index in [0.29, 0.717) is 17.9 Å². The molecule has 1 aromatic heterocycles. The van der Waals surface area contributed by atoms with Gasteiger partial charge in [-0.2, -0.15) is 15.0 Å². The summed E-state index contributed by atoms with van der Waals surface area (Å²) in [5.74, 6) is 1.83. The standard InChI is InChI=1S/C12H20ClN5/c1-3-7-14-11-16-10(13)17-12(18-11)15-8(2)9-5-4-6-9/h8-9H,3-7H2,1-2H3,(H2,14,15,16,17,18). The molecule has 5 nitrogen and oxygen atoms in total.